The largest absolute Gasteiger partial charge is 2.00 e. The third kappa shape index (κ3) is 5.84. The molecule has 0 aliphatic heterocycles. The fraction of sp³-hybridized carbons (Fsp3) is 0.0909. The summed E-state index contributed by atoms with van der Waals surface area (Å²) in [4.78, 5) is 56.8. The van der Waals surface area contributed by atoms with Crippen LogP contribution in [-0.2, 0) is 19.2 Å². The van der Waals surface area contributed by atoms with Crippen LogP contribution in [0.5, 0.6) is 0 Å². The van der Waals surface area contributed by atoms with E-state index in [0.717, 1.165) is 0 Å². The normalized spacial score (nSPS) is 18.5. The average Bonchev–Trinajstić information content (AvgIpc) is 3.52. The Kier molecular flexibility index (Phi) is 9.30. The summed E-state index contributed by atoms with van der Waals surface area (Å²) in [5.74, 6) is 0.486. The van der Waals surface area contributed by atoms with E-state index in [4.69, 9.17) is 0 Å². The Morgan fingerprint density at radius 2 is 1.18 bits per heavy atom. The predicted octanol–water partition coefficient (Wildman–Crippen LogP) is -1.39. The maximum atomic E-state index is 10.8. The molecule has 2 aliphatic carbocycles. The van der Waals surface area contributed by atoms with Crippen molar-refractivity contribution in [3.05, 3.63) is 95.2 Å². The van der Waals surface area contributed by atoms with E-state index in [1.807, 2.05) is 0 Å². The molecule has 0 saturated heterocycles. The van der Waals surface area contributed by atoms with Gasteiger partial charge in [0.15, 0.2) is 0 Å². The van der Waals surface area contributed by atoms with Gasteiger partial charge >= 0.3 is 37.7 Å². The zero-order valence-corrected chi connectivity index (χ0v) is 19.2. The van der Waals surface area contributed by atoms with Gasteiger partial charge in [0.2, 0.25) is 0 Å². The van der Waals surface area contributed by atoms with Gasteiger partial charge in [-0.05, 0) is 0 Å². The summed E-state index contributed by atoms with van der Waals surface area (Å²) in [7, 11) is 0. The van der Waals surface area contributed by atoms with E-state index in [9.17, 15) is 29.4 Å². The van der Waals surface area contributed by atoms with Crippen LogP contribution in [-0.4, -0.2) is 81.5 Å². The second-order valence-electron chi connectivity index (χ2n) is 6.44. The zero-order valence-electron chi connectivity index (χ0n) is 17.0. The third-order valence-electron chi connectivity index (χ3n) is 4.62. The standard InChI is InChI=1S/2C11H8N2O3.Ca/c2*14-6-9-7(10-12-4-5-13-10)2-1-3-8(9)11(15)16;/h2*1-5,7H,(H,12,13)(H,15,16);/q;;+2/p-2. The first-order chi connectivity index (χ1) is 15.5. The molecule has 0 fully saturated rings. The number of rotatable bonds is 4. The molecular formula is C22H14CaN4O6. The summed E-state index contributed by atoms with van der Waals surface area (Å²) >= 11 is 0. The number of carboxylic acids is 2. The minimum atomic E-state index is -1.39. The Labute approximate surface area is 216 Å². The van der Waals surface area contributed by atoms with Gasteiger partial charge in [-0.25, -0.2) is 19.6 Å². The van der Waals surface area contributed by atoms with Crippen LogP contribution < -0.4 is 10.2 Å². The summed E-state index contributed by atoms with van der Waals surface area (Å²) in [5, 5.41) is 21.6. The number of aliphatic carboxylic acids is 2. The maximum absolute atomic E-state index is 10.8. The van der Waals surface area contributed by atoms with Crippen molar-refractivity contribution in [2.75, 3.05) is 0 Å². The summed E-state index contributed by atoms with van der Waals surface area (Å²) in [6.45, 7) is 0. The number of aromatic nitrogens is 4. The number of hydrogen-bond donors (Lipinski definition) is 2. The SMILES string of the molecule is O=C=C1C(C(=O)[O-])=CC=CC1c1ncc[nH]1.O=C=C1C(C(=O)[O-])=CC=CC1c1ncc[nH]1.[Ca+2]. The Hall–Kier alpha value is -3.52. The van der Waals surface area contributed by atoms with Gasteiger partial charge in [-0.1, -0.05) is 36.5 Å². The van der Waals surface area contributed by atoms with Gasteiger partial charge in [-0.15, -0.1) is 0 Å². The topological polar surface area (TPSA) is 172 Å². The molecule has 0 saturated carbocycles. The van der Waals surface area contributed by atoms with Crippen molar-refractivity contribution in [3.63, 3.8) is 0 Å². The number of nitrogens with zero attached hydrogens (tertiary/aromatic N) is 2. The molecule has 11 heteroatoms. The zero-order chi connectivity index (χ0) is 23.1. The fourth-order valence-electron chi connectivity index (χ4n) is 3.18. The fourth-order valence-corrected chi connectivity index (χ4v) is 3.18. The van der Waals surface area contributed by atoms with Crippen molar-refractivity contribution < 1.29 is 29.4 Å². The number of nitrogens with one attached hydrogen (secondary N) is 2. The molecule has 0 spiro atoms. The summed E-state index contributed by atoms with van der Waals surface area (Å²) in [6.07, 6.45) is 15.3. The van der Waals surface area contributed by atoms with Crippen molar-refractivity contribution in [2.45, 2.75) is 11.8 Å². The van der Waals surface area contributed by atoms with E-state index in [0.29, 0.717) is 11.6 Å². The van der Waals surface area contributed by atoms with Gasteiger partial charge in [0, 0.05) is 35.9 Å². The van der Waals surface area contributed by atoms with E-state index in [1.54, 1.807) is 48.6 Å². The smallest absolute Gasteiger partial charge is 0.545 e. The first-order valence-electron chi connectivity index (χ1n) is 9.16. The molecule has 2 atom stereocenters. The number of imidazole rings is 2. The van der Waals surface area contributed by atoms with Crippen molar-refractivity contribution in [1.82, 2.24) is 19.9 Å². The number of H-pyrrole nitrogens is 2. The molecule has 33 heavy (non-hydrogen) atoms. The van der Waals surface area contributed by atoms with Crippen LogP contribution in [0.3, 0.4) is 0 Å². The van der Waals surface area contributed by atoms with E-state index in [2.05, 4.69) is 19.9 Å². The Morgan fingerprint density at radius 1 is 0.788 bits per heavy atom. The van der Waals surface area contributed by atoms with Crippen LogP contribution in [0, 0.1) is 0 Å². The summed E-state index contributed by atoms with van der Waals surface area (Å²) in [5.41, 5.74) is -0.257. The van der Waals surface area contributed by atoms with Crippen LogP contribution in [0.1, 0.15) is 23.5 Å². The number of allylic oxidation sites excluding steroid dienone is 6. The second-order valence-corrected chi connectivity index (χ2v) is 6.44. The molecule has 160 valence electrons. The van der Waals surface area contributed by atoms with Gasteiger partial charge in [0.05, 0.1) is 34.9 Å². The molecule has 2 aliphatic rings. The number of carboxylic acid groups (broad SMARTS) is 2. The first kappa shape index (κ1) is 25.7. The Morgan fingerprint density at radius 3 is 1.45 bits per heavy atom. The molecule has 2 unspecified atom stereocenters. The average molecular weight is 470 g/mol. The van der Waals surface area contributed by atoms with E-state index in [1.165, 1.54) is 24.5 Å². The number of carbonyl (C=O) groups excluding carboxylic acids is 4. The number of hydrogen-bond acceptors (Lipinski definition) is 8. The molecule has 2 N–H and O–H groups in total. The molecule has 10 nitrogen and oxygen atoms in total. The molecule has 0 amide bonds. The van der Waals surface area contributed by atoms with E-state index >= 15 is 0 Å². The summed E-state index contributed by atoms with van der Waals surface area (Å²) in [6, 6.07) is 0. The van der Waals surface area contributed by atoms with Crippen LogP contribution in [0.25, 0.3) is 0 Å². The van der Waals surface area contributed by atoms with Crippen molar-refractivity contribution in [1.29, 1.82) is 0 Å². The van der Waals surface area contributed by atoms with Crippen molar-refractivity contribution >= 4 is 61.6 Å². The second kappa shape index (κ2) is 11.9. The van der Waals surface area contributed by atoms with Crippen LogP contribution in [0.15, 0.2) is 83.5 Å². The molecule has 2 aromatic rings. The quantitative estimate of drug-likeness (QED) is 0.406. The predicted molar refractivity (Wildman–Crippen MR) is 111 cm³/mol. The van der Waals surface area contributed by atoms with Crippen LogP contribution >= 0.6 is 0 Å². The monoisotopic (exact) mass is 470 g/mol. The number of carbonyl (C=O) groups is 2. The van der Waals surface area contributed by atoms with Crippen molar-refractivity contribution in [3.8, 4) is 0 Å². The van der Waals surface area contributed by atoms with Gasteiger partial charge in [0.25, 0.3) is 0 Å². The Bertz CT molecular complexity index is 1140. The van der Waals surface area contributed by atoms with E-state index in [-0.39, 0.29) is 60.0 Å². The van der Waals surface area contributed by atoms with Gasteiger partial charge in [-0.3, -0.25) is 0 Å². The molecular weight excluding hydrogens is 456 g/mol. The maximum Gasteiger partial charge on any atom is 2.00 e. The molecule has 0 radical (unpaired) electrons. The van der Waals surface area contributed by atoms with Gasteiger partial charge in [0.1, 0.15) is 23.5 Å². The van der Waals surface area contributed by atoms with Crippen LogP contribution in [0.4, 0.5) is 0 Å². The Balaban J connectivity index is 0.000000227. The molecule has 0 bridgehead atoms. The number of aromatic amines is 2. The molecule has 2 heterocycles. The minimum Gasteiger partial charge on any atom is -0.545 e. The first-order valence-corrected chi connectivity index (χ1v) is 9.16. The van der Waals surface area contributed by atoms with Crippen LogP contribution in [0.2, 0.25) is 0 Å². The third-order valence-corrected chi connectivity index (χ3v) is 4.62. The van der Waals surface area contributed by atoms with E-state index < -0.39 is 23.8 Å². The molecule has 0 aromatic carbocycles. The summed E-state index contributed by atoms with van der Waals surface area (Å²) < 4.78 is 0. The molecule has 4 rings (SSSR count). The molecule has 2 aromatic heterocycles. The van der Waals surface area contributed by atoms with Gasteiger partial charge < -0.3 is 29.8 Å². The van der Waals surface area contributed by atoms with Gasteiger partial charge in [-0.2, -0.15) is 0 Å². The van der Waals surface area contributed by atoms with Crippen molar-refractivity contribution in [2.24, 2.45) is 0 Å². The minimum absolute atomic E-state index is 0.